The number of nitrogens with zero attached hydrogens (tertiary/aromatic N) is 2. The number of hydrogen-bond donors (Lipinski definition) is 0. The molecule has 4 nitrogen and oxygen atoms in total. The maximum atomic E-state index is 12.5. The molecule has 1 atom stereocenters. The number of hydrogen-bond acceptors (Lipinski definition) is 4. The Morgan fingerprint density at radius 3 is 3.00 bits per heavy atom. The minimum atomic E-state index is 0.0415. The third kappa shape index (κ3) is 3.51. The fourth-order valence-electron chi connectivity index (χ4n) is 3.25. The first kappa shape index (κ1) is 16.1. The number of benzene rings is 1. The Morgan fingerprint density at radius 1 is 1.32 bits per heavy atom. The summed E-state index contributed by atoms with van der Waals surface area (Å²) < 4.78 is 6.70. The molecule has 1 aliphatic heterocycles. The van der Waals surface area contributed by atoms with Gasteiger partial charge in [-0.1, -0.05) is 12.1 Å². The molecular weight excluding hydrogens is 332 g/mol. The lowest BCUT2D eigenvalue weighted by Crippen LogP contribution is -2.38. The van der Waals surface area contributed by atoms with Gasteiger partial charge < -0.3 is 9.32 Å². The van der Waals surface area contributed by atoms with Crippen LogP contribution < -0.4 is 0 Å². The molecule has 25 heavy (non-hydrogen) atoms. The van der Waals surface area contributed by atoms with Gasteiger partial charge in [-0.15, -0.1) is 11.3 Å². The zero-order valence-corrected chi connectivity index (χ0v) is 15.0. The number of carbonyl (C=O) groups is 1. The molecule has 2 aromatic heterocycles. The van der Waals surface area contributed by atoms with Gasteiger partial charge in [0.1, 0.15) is 11.5 Å². The van der Waals surface area contributed by atoms with Gasteiger partial charge in [-0.25, -0.2) is 4.98 Å². The van der Waals surface area contributed by atoms with E-state index in [-0.39, 0.29) is 5.91 Å². The summed E-state index contributed by atoms with van der Waals surface area (Å²) in [6, 6.07) is 12.0. The largest absolute Gasteiger partial charge is 0.462 e. The van der Waals surface area contributed by atoms with E-state index in [0.29, 0.717) is 11.7 Å². The molecule has 1 aliphatic rings. The number of likely N-dealkylation sites (tertiary alicyclic amines) is 1. The molecule has 0 saturated carbocycles. The maximum absolute atomic E-state index is 12.5. The van der Waals surface area contributed by atoms with E-state index in [1.54, 1.807) is 23.5 Å². The molecule has 0 spiro atoms. The first-order chi connectivity index (χ1) is 12.2. The van der Waals surface area contributed by atoms with Crippen LogP contribution in [-0.4, -0.2) is 28.9 Å². The van der Waals surface area contributed by atoms with Crippen LogP contribution in [0, 0.1) is 6.92 Å². The summed E-state index contributed by atoms with van der Waals surface area (Å²) in [4.78, 5) is 19.2. The van der Waals surface area contributed by atoms with Gasteiger partial charge in [0.25, 0.3) is 0 Å². The van der Waals surface area contributed by atoms with Crippen molar-refractivity contribution in [2.45, 2.75) is 25.7 Å². The van der Waals surface area contributed by atoms with Gasteiger partial charge in [-0.2, -0.15) is 0 Å². The summed E-state index contributed by atoms with van der Waals surface area (Å²) in [5, 5.41) is 1.14. The molecule has 0 unspecified atom stereocenters. The lowest BCUT2D eigenvalue weighted by Gasteiger charge is -2.31. The molecular formula is C20H20N2O2S. The van der Waals surface area contributed by atoms with E-state index in [9.17, 15) is 4.79 Å². The molecule has 1 saturated heterocycles. The average molecular weight is 352 g/mol. The van der Waals surface area contributed by atoms with E-state index >= 15 is 0 Å². The minimum Gasteiger partial charge on any atom is -0.462 e. The third-order valence-electron chi connectivity index (χ3n) is 4.54. The van der Waals surface area contributed by atoms with Crippen molar-refractivity contribution in [3.8, 4) is 0 Å². The summed E-state index contributed by atoms with van der Waals surface area (Å²) in [6.07, 6.45) is 5.46. The monoisotopic (exact) mass is 352 g/mol. The SMILES string of the molecule is Cc1ccc(/C=C/C(=O)N2CCC[C@H](c3nc4ccccc4s3)C2)o1. The number of amides is 1. The minimum absolute atomic E-state index is 0.0415. The topological polar surface area (TPSA) is 46.3 Å². The van der Waals surface area contributed by atoms with Gasteiger partial charge in [-0.05, 0) is 50.1 Å². The summed E-state index contributed by atoms with van der Waals surface area (Å²) in [7, 11) is 0. The van der Waals surface area contributed by atoms with Gasteiger partial charge in [0.05, 0.1) is 15.2 Å². The van der Waals surface area contributed by atoms with Crippen LogP contribution in [0.15, 0.2) is 46.9 Å². The number of aromatic nitrogens is 1. The van der Waals surface area contributed by atoms with Crippen LogP contribution in [0.4, 0.5) is 0 Å². The fourth-order valence-corrected chi connectivity index (χ4v) is 4.34. The Bertz CT molecular complexity index is 892. The smallest absolute Gasteiger partial charge is 0.246 e. The second-order valence-electron chi connectivity index (χ2n) is 6.42. The summed E-state index contributed by atoms with van der Waals surface area (Å²) in [5.74, 6) is 1.93. The summed E-state index contributed by atoms with van der Waals surface area (Å²) >= 11 is 1.75. The van der Waals surface area contributed by atoms with E-state index < -0.39 is 0 Å². The van der Waals surface area contributed by atoms with Crippen molar-refractivity contribution in [1.82, 2.24) is 9.88 Å². The quantitative estimate of drug-likeness (QED) is 0.646. The molecule has 4 rings (SSSR count). The second-order valence-corrected chi connectivity index (χ2v) is 7.49. The molecule has 3 aromatic rings. The maximum Gasteiger partial charge on any atom is 0.246 e. The number of furan rings is 1. The van der Waals surface area contributed by atoms with Crippen LogP contribution in [0.5, 0.6) is 0 Å². The van der Waals surface area contributed by atoms with Gasteiger partial charge in [0, 0.05) is 25.1 Å². The predicted octanol–water partition coefficient (Wildman–Crippen LogP) is 4.62. The standard InChI is InChI=1S/C20H20N2O2S/c1-14-8-9-16(24-14)10-11-19(23)22-12-4-5-15(13-22)20-21-17-6-2-3-7-18(17)25-20/h2-3,6-11,15H,4-5,12-13H2,1H3/b11-10+/t15-/m0/s1. The number of rotatable bonds is 3. The number of para-hydroxylation sites is 1. The van der Waals surface area contributed by atoms with Gasteiger partial charge in [-0.3, -0.25) is 4.79 Å². The van der Waals surface area contributed by atoms with Crippen LogP contribution >= 0.6 is 11.3 Å². The van der Waals surface area contributed by atoms with Crippen molar-refractivity contribution in [3.63, 3.8) is 0 Å². The Morgan fingerprint density at radius 2 is 2.20 bits per heavy atom. The number of piperidine rings is 1. The third-order valence-corrected chi connectivity index (χ3v) is 5.74. The first-order valence-corrected chi connectivity index (χ1v) is 9.39. The zero-order chi connectivity index (χ0) is 17.2. The molecule has 0 radical (unpaired) electrons. The Kier molecular flexibility index (Phi) is 4.40. The number of thiazole rings is 1. The van der Waals surface area contributed by atoms with E-state index in [4.69, 9.17) is 9.40 Å². The van der Waals surface area contributed by atoms with Crippen LogP contribution in [-0.2, 0) is 4.79 Å². The van der Waals surface area contributed by atoms with Crippen LogP contribution in [0.25, 0.3) is 16.3 Å². The van der Waals surface area contributed by atoms with Crippen LogP contribution in [0.3, 0.4) is 0 Å². The van der Waals surface area contributed by atoms with Crippen molar-refractivity contribution >= 4 is 33.5 Å². The van der Waals surface area contributed by atoms with Crippen molar-refractivity contribution in [1.29, 1.82) is 0 Å². The van der Waals surface area contributed by atoms with Crippen LogP contribution in [0.1, 0.15) is 35.3 Å². The Balaban J connectivity index is 1.46. The van der Waals surface area contributed by atoms with E-state index in [1.807, 2.05) is 36.1 Å². The molecule has 1 amide bonds. The Hall–Kier alpha value is -2.40. The zero-order valence-electron chi connectivity index (χ0n) is 14.1. The fraction of sp³-hybridized carbons (Fsp3) is 0.300. The Labute approximate surface area is 150 Å². The van der Waals surface area contributed by atoms with Gasteiger partial charge >= 0.3 is 0 Å². The highest BCUT2D eigenvalue weighted by Gasteiger charge is 2.26. The molecule has 0 bridgehead atoms. The molecule has 3 heterocycles. The lowest BCUT2D eigenvalue weighted by molar-refractivity contribution is -0.127. The molecule has 1 fully saturated rings. The van der Waals surface area contributed by atoms with Crippen molar-refractivity contribution in [2.24, 2.45) is 0 Å². The van der Waals surface area contributed by atoms with Crippen molar-refractivity contribution in [3.05, 3.63) is 59.0 Å². The summed E-state index contributed by atoms with van der Waals surface area (Å²) in [5.41, 5.74) is 1.05. The second kappa shape index (κ2) is 6.84. The van der Waals surface area contributed by atoms with Crippen LogP contribution in [0.2, 0.25) is 0 Å². The number of fused-ring (bicyclic) bond motifs is 1. The highest BCUT2D eigenvalue weighted by Crippen LogP contribution is 2.33. The number of carbonyl (C=O) groups excluding carboxylic acids is 1. The molecule has 1 aromatic carbocycles. The predicted molar refractivity (Wildman–Crippen MR) is 101 cm³/mol. The van der Waals surface area contributed by atoms with E-state index in [0.717, 1.165) is 42.2 Å². The summed E-state index contributed by atoms with van der Waals surface area (Å²) in [6.45, 7) is 3.44. The molecule has 128 valence electrons. The van der Waals surface area contributed by atoms with Gasteiger partial charge in [0.2, 0.25) is 5.91 Å². The molecule has 0 aliphatic carbocycles. The highest BCUT2D eigenvalue weighted by atomic mass is 32.1. The van der Waals surface area contributed by atoms with Gasteiger partial charge in [0.15, 0.2) is 0 Å². The van der Waals surface area contributed by atoms with E-state index in [2.05, 4.69) is 12.1 Å². The lowest BCUT2D eigenvalue weighted by atomic mass is 9.98. The highest BCUT2D eigenvalue weighted by molar-refractivity contribution is 7.18. The van der Waals surface area contributed by atoms with E-state index in [1.165, 1.54) is 4.70 Å². The number of aryl methyl sites for hydroxylation is 1. The first-order valence-electron chi connectivity index (χ1n) is 8.58. The molecule has 5 heteroatoms. The normalized spacial score (nSPS) is 18.3. The van der Waals surface area contributed by atoms with Crippen molar-refractivity contribution in [2.75, 3.05) is 13.1 Å². The molecule has 0 N–H and O–H groups in total. The average Bonchev–Trinajstić information content (AvgIpc) is 3.25. The van der Waals surface area contributed by atoms with Crippen molar-refractivity contribution < 1.29 is 9.21 Å².